The fraction of sp³-hybridized carbons (Fsp3) is 0.250. The molecule has 2 atom stereocenters. The largest absolute Gasteiger partial charge is 0.507 e. The lowest BCUT2D eigenvalue weighted by Gasteiger charge is -2.22. The third-order valence-electron chi connectivity index (χ3n) is 5.77. The molecule has 3 heterocycles. The Morgan fingerprint density at radius 2 is 1.94 bits per heavy atom. The minimum Gasteiger partial charge on any atom is -0.507 e. The van der Waals surface area contributed by atoms with E-state index in [1.54, 1.807) is 50.4 Å². The molecule has 2 aromatic carbocycles. The number of rotatable bonds is 4. The maximum atomic E-state index is 13.2. The van der Waals surface area contributed by atoms with Gasteiger partial charge < -0.3 is 14.6 Å². The number of benzene rings is 2. The molecule has 0 saturated carbocycles. The molecule has 1 aromatic heterocycles. The molecule has 9 heteroatoms. The van der Waals surface area contributed by atoms with Crippen LogP contribution >= 0.6 is 11.3 Å². The lowest BCUT2D eigenvalue weighted by Crippen LogP contribution is -2.29. The molecular formula is C24H21N3O5S. The second-order valence-electron chi connectivity index (χ2n) is 8.00. The van der Waals surface area contributed by atoms with Crippen LogP contribution in [0, 0.1) is 6.92 Å². The highest BCUT2D eigenvalue weighted by atomic mass is 32.1. The van der Waals surface area contributed by atoms with Crippen molar-refractivity contribution < 1.29 is 24.2 Å². The third kappa shape index (κ3) is 3.54. The number of fused-ring (bicyclic) bond motifs is 1. The van der Waals surface area contributed by atoms with Crippen LogP contribution in [-0.2, 0) is 16.0 Å². The van der Waals surface area contributed by atoms with E-state index in [0.29, 0.717) is 33.4 Å². The van der Waals surface area contributed by atoms with E-state index in [1.165, 1.54) is 16.2 Å². The smallest absolute Gasteiger partial charge is 0.301 e. The number of Topliss-reactive ketones (excluding diaryl/α,β-unsaturated/α-hetero) is 1. The van der Waals surface area contributed by atoms with Crippen LogP contribution in [0.1, 0.15) is 34.7 Å². The quantitative estimate of drug-likeness (QED) is 0.357. The average molecular weight is 464 g/mol. The maximum absolute atomic E-state index is 13.2. The topological polar surface area (TPSA) is 102 Å². The standard InChI is InChI=1S/C24H21N3O5S/c1-12-10-16-11-15(6-9-18(16)32-12)21(28)19-20(14-4-7-17(31-3)8-5-14)27(23(30)22(19)29)24-26-25-13(2)33-24/h4-9,11-12,20,28H,10H2,1-3H3/t12-,20+/m0/s1. The number of hydrogen-bond acceptors (Lipinski definition) is 8. The molecule has 0 aliphatic carbocycles. The summed E-state index contributed by atoms with van der Waals surface area (Å²) in [4.78, 5) is 27.6. The number of hydrogen-bond donors (Lipinski definition) is 1. The highest BCUT2D eigenvalue weighted by molar-refractivity contribution is 7.15. The first-order valence-corrected chi connectivity index (χ1v) is 11.2. The number of aliphatic hydroxyl groups is 1. The van der Waals surface area contributed by atoms with Gasteiger partial charge in [0.05, 0.1) is 18.7 Å². The van der Waals surface area contributed by atoms with E-state index in [1.807, 2.05) is 13.0 Å². The number of methoxy groups -OCH3 is 1. The Kier molecular flexibility index (Phi) is 5.13. The lowest BCUT2D eigenvalue weighted by atomic mass is 9.94. The minimum atomic E-state index is -0.855. The first-order chi connectivity index (χ1) is 15.9. The summed E-state index contributed by atoms with van der Waals surface area (Å²) in [6.07, 6.45) is 0.749. The van der Waals surface area contributed by atoms with Gasteiger partial charge in [-0.1, -0.05) is 23.5 Å². The van der Waals surface area contributed by atoms with Gasteiger partial charge in [0.2, 0.25) is 5.13 Å². The van der Waals surface area contributed by atoms with E-state index in [2.05, 4.69) is 10.2 Å². The van der Waals surface area contributed by atoms with E-state index in [9.17, 15) is 14.7 Å². The normalized spacial score (nSPS) is 21.2. The van der Waals surface area contributed by atoms with Crippen LogP contribution in [0.4, 0.5) is 5.13 Å². The predicted molar refractivity (Wildman–Crippen MR) is 123 cm³/mol. The summed E-state index contributed by atoms with van der Waals surface area (Å²) in [7, 11) is 1.56. The van der Waals surface area contributed by atoms with Crippen LogP contribution in [0.2, 0.25) is 0 Å². The highest BCUT2D eigenvalue weighted by Gasteiger charge is 2.48. The summed E-state index contributed by atoms with van der Waals surface area (Å²) in [6.45, 7) is 3.74. The second kappa shape index (κ2) is 8.00. The SMILES string of the molecule is COc1ccc([C@@H]2C(=C(O)c3ccc4c(c3)C[C@H](C)O4)C(=O)C(=O)N2c2nnc(C)s2)cc1. The summed E-state index contributed by atoms with van der Waals surface area (Å²) in [6, 6.07) is 11.4. The lowest BCUT2D eigenvalue weighted by molar-refractivity contribution is -0.132. The fourth-order valence-corrected chi connectivity index (χ4v) is 4.95. The second-order valence-corrected chi connectivity index (χ2v) is 9.16. The van der Waals surface area contributed by atoms with Crippen molar-refractivity contribution in [3.05, 3.63) is 69.7 Å². The number of carbonyl (C=O) groups is 2. The van der Waals surface area contributed by atoms with E-state index >= 15 is 0 Å². The van der Waals surface area contributed by atoms with E-state index in [-0.39, 0.29) is 17.4 Å². The summed E-state index contributed by atoms with van der Waals surface area (Å²) in [5.74, 6) is -0.371. The van der Waals surface area contributed by atoms with Crippen LogP contribution in [0.15, 0.2) is 48.0 Å². The van der Waals surface area contributed by atoms with Gasteiger partial charge in [0.1, 0.15) is 28.4 Å². The maximum Gasteiger partial charge on any atom is 0.301 e. The molecule has 0 radical (unpaired) electrons. The van der Waals surface area contributed by atoms with Crippen molar-refractivity contribution in [2.75, 3.05) is 12.0 Å². The molecule has 0 bridgehead atoms. The Labute approximate surface area is 194 Å². The van der Waals surface area contributed by atoms with Crippen LogP contribution in [0.25, 0.3) is 5.76 Å². The number of aliphatic hydroxyl groups excluding tert-OH is 1. The van der Waals surface area contributed by atoms with Crippen molar-refractivity contribution in [2.24, 2.45) is 0 Å². The van der Waals surface area contributed by atoms with Crippen molar-refractivity contribution in [2.45, 2.75) is 32.4 Å². The Bertz CT molecular complexity index is 1300. The predicted octanol–water partition coefficient (Wildman–Crippen LogP) is 3.80. The van der Waals surface area contributed by atoms with Crippen LogP contribution in [0.3, 0.4) is 0 Å². The van der Waals surface area contributed by atoms with Gasteiger partial charge in [0.15, 0.2) is 0 Å². The summed E-state index contributed by atoms with van der Waals surface area (Å²) < 4.78 is 11.0. The zero-order chi connectivity index (χ0) is 23.3. The van der Waals surface area contributed by atoms with Crippen LogP contribution < -0.4 is 14.4 Å². The number of ketones is 1. The van der Waals surface area contributed by atoms with Gasteiger partial charge in [0, 0.05) is 12.0 Å². The Hall–Kier alpha value is -3.72. The number of carbonyl (C=O) groups excluding carboxylic acids is 2. The molecule has 5 rings (SSSR count). The van der Waals surface area contributed by atoms with Crippen molar-refractivity contribution in [3.63, 3.8) is 0 Å². The summed E-state index contributed by atoms with van der Waals surface area (Å²) in [5.41, 5.74) is 2.05. The number of anilines is 1. The molecule has 1 saturated heterocycles. The van der Waals surface area contributed by atoms with Gasteiger partial charge in [-0.15, -0.1) is 10.2 Å². The van der Waals surface area contributed by atoms with Crippen LogP contribution in [0.5, 0.6) is 11.5 Å². The summed E-state index contributed by atoms with van der Waals surface area (Å²) >= 11 is 1.21. The van der Waals surface area contributed by atoms with E-state index in [4.69, 9.17) is 9.47 Å². The molecule has 1 amide bonds. The first-order valence-electron chi connectivity index (χ1n) is 10.4. The first kappa shape index (κ1) is 21.1. The Morgan fingerprint density at radius 3 is 2.61 bits per heavy atom. The molecular weight excluding hydrogens is 442 g/mol. The van der Waals surface area contributed by atoms with Gasteiger partial charge in [-0.2, -0.15) is 0 Å². The van der Waals surface area contributed by atoms with Gasteiger partial charge >= 0.3 is 5.91 Å². The Balaban J connectivity index is 1.67. The molecule has 0 spiro atoms. The molecule has 33 heavy (non-hydrogen) atoms. The van der Waals surface area contributed by atoms with Gasteiger partial charge in [-0.3, -0.25) is 14.5 Å². The number of aryl methyl sites for hydroxylation is 1. The number of amides is 1. The molecule has 0 unspecified atom stereocenters. The molecule has 2 aliphatic heterocycles. The highest BCUT2D eigenvalue weighted by Crippen LogP contribution is 2.43. The molecule has 1 N–H and O–H groups in total. The van der Waals surface area contributed by atoms with Crippen molar-refractivity contribution >= 4 is 33.9 Å². The fourth-order valence-electron chi connectivity index (χ4n) is 4.24. The zero-order valence-electron chi connectivity index (χ0n) is 18.2. The molecule has 168 valence electrons. The van der Waals surface area contributed by atoms with Gasteiger partial charge in [-0.05, 0) is 55.3 Å². The molecule has 2 aliphatic rings. The van der Waals surface area contributed by atoms with Crippen molar-refractivity contribution in [3.8, 4) is 11.5 Å². The molecule has 8 nitrogen and oxygen atoms in total. The minimum absolute atomic E-state index is 0.00457. The van der Waals surface area contributed by atoms with Gasteiger partial charge in [-0.25, -0.2) is 0 Å². The van der Waals surface area contributed by atoms with Crippen molar-refractivity contribution in [1.82, 2.24) is 10.2 Å². The average Bonchev–Trinajstić information content (AvgIpc) is 3.48. The Morgan fingerprint density at radius 1 is 1.18 bits per heavy atom. The van der Waals surface area contributed by atoms with Gasteiger partial charge in [0.25, 0.3) is 5.78 Å². The number of nitrogens with zero attached hydrogens (tertiary/aromatic N) is 3. The van der Waals surface area contributed by atoms with Crippen molar-refractivity contribution in [1.29, 1.82) is 0 Å². The third-order valence-corrected chi connectivity index (χ3v) is 6.60. The summed E-state index contributed by atoms with van der Waals surface area (Å²) in [5, 5.41) is 20.3. The zero-order valence-corrected chi connectivity index (χ0v) is 19.0. The molecule has 1 fully saturated rings. The van der Waals surface area contributed by atoms with E-state index in [0.717, 1.165) is 11.3 Å². The number of ether oxygens (including phenoxy) is 2. The van der Waals surface area contributed by atoms with E-state index < -0.39 is 17.7 Å². The van der Waals surface area contributed by atoms with Crippen LogP contribution in [-0.4, -0.2) is 40.2 Å². The number of aromatic nitrogens is 2. The monoisotopic (exact) mass is 463 g/mol. The molecule has 3 aromatic rings.